The molecule has 4 nitrogen and oxygen atoms in total. The Morgan fingerprint density at radius 2 is 1.85 bits per heavy atom. The Hall–Kier alpha value is -1.70. The van der Waals surface area contributed by atoms with E-state index in [4.69, 9.17) is 0 Å². The second-order valence-corrected chi connectivity index (χ2v) is 7.89. The van der Waals surface area contributed by atoms with E-state index in [1.165, 1.54) is 0 Å². The molecule has 148 valence electrons. The summed E-state index contributed by atoms with van der Waals surface area (Å²) in [5.41, 5.74) is 2.13. The third-order valence-electron chi connectivity index (χ3n) is 6.01. The Labute approximate surface area is 155 Å². The van der Waals surface area contributed by atoms with Gasteiger partial charge in [0.2, 0.25) is 0 Å². The second-order valence-electron chi connectivity index (χ2n) is 7.89. The maximum absolute atomic E-state index is 15.1. The SMILES string of the molecule is Cc1cc([C@@H]2CCCNC2)n2nc(C3CCC(C(F)(F)F)CC3)c(F)c2n1. The van der Waals surface area contributed by atoms with E-state index in [2.05, 4.69) is 15.4 Å². The highest BCUT2D eigenvalue weighted by atomic mass is 19.4. The molecule has 0 spiro atoms. The number of halogens is 4. The van der Waals surface area contributed by atoms with Gasteiger partial charge in [-0.3, -0.25) is 0 Å². The molecule has 1 saturated heterocycles. The van der Waals surface area contributed by atoms with Crippen molar-refractivity contribution in [3.8, 4) is 0 Å². The van der Waals surface area contributed by atoms with Crippen LogP contribution in [0.4, 0.5) is 17.6 Å². The van der Waals surface area contributed by atoms with E-state index in [0.29, 0.717) is 12.8 Å². The number of hydrogen-bond donors (Lipinski definition) is 1. The van der Waals surface area contributed by atoms with Gasteiger partial charge in [-0.05, 0) is 58.1 Å². The lowest BCUT2D eigenvalue weighted by Crippen LogP contribution is -2.29. The maximum atomic E-state index is 15.1. The summed E-state index contributed by atoms with van der Waals surface area (Å²) >= 11 is 0. The van der Waals surface area contributed by atoms with Gasteiger partial charge in [-0.15, -0.1) is 0 Å². The van der Waals surface area contributed by atoms with Gasteiger partial charge in [0.05, 0.1) is 11.6 Å². The van der Waals surface area contributed by atoms with Gasteiger partial charge in [-0.25, -0.2) is 13.9 Å². The van der Waals surface area contributed by atoms with Crippen molar-refractivity contribution in [2.75, 3.05) is 13.1 Å². The first-order chi connectivity index (χ1) is 12.8. The number of aryl methyl sites for hydroxylation is 1. The van der Waals surface area contributed by atoms with Gasteiger partial charge in [0, 0.05) is 24.1 Å². The maximum Gasteiger partial charge on any atom is 0.391 e. The minimum Gasteiger partial charge on any atom is -0.316 e. The lowest BCUT2D eigenvalue weighted by Gasteiger charge is -2.28. The van der Waals surface area contributed by atoms with Gasteiger partial charge in [-0.2, -0.15) is 18.3 Å². The van der Waals surface area contributed by atoms with Crippen molar-refractivity contribution in [1.29, 1.82) is 0 Å². The molecule has 1 atom stereocenters. The predicted molar refractivity (Wildman–Crippen MR) is 93.3 cm³/mol. The first-order valence-corrected chi connectivity index (χ1v) is 9.67. The molecule has 0 aromatic carbocycles. The van der Waals surface area contributed by atoms with Crippen molar-refractivity contribution in [2.45, 2.75) is 63.5 Å². The van der Waals surface area contributed by atoms with Gasteiger partial charge in [0.25, 0.3) is 0 Å². The molecule has 8 heteroatoms. The van der Waals surface area contributed by atoms with Crippen LogP contribution in [0.25, 0.3) is 5.65 Å². The van der Waals surface area contributed by atoms with E-state index >= 15 is 4.39 Å². The average molecular weight is 384 g/mol. The number of nitrogens with zero attached hydrogens (tertiary/aromatic N) is 3. The van der Waals surface area contributed by atoms with Crippen LogP contribution in [0.3, 0.4) is 0 Å². The molecule has 0 unspecified atom stereocenters. The molecule has 2 fully saturated rings. The van der Waals surface area contributed by atoms with Crippen LogP contribution in [0.15, 0.2) is 6.07 Å². The van der Waals surface area contributed by atoms with Crippen molar-refractivity contribution in [2.24, 2.45) is 5.92 Å². The molecular formula is C19H24F4N4. The van der Waals surface area contributed by atoms with Crippen molar-refractivity contribution in [3.63, 3.8) is 0 Å². The number of aromatic nitrogens is 3. The summed E-state index contributed by atoms with van der Waals surface area (Å²) in [7, 11) is 0. The van der Waals surface area contributed by atoms with E-state index < -0.39 is 17.9 Å². The average Bonchev–Trinajstić information content (AvgIpc) is 2.98. The molecule has 1 aliphatic carbocycles. The zero-order chi connectivity index (χ0) is 19.2. The fraction of sp³-hybridized carbons (Fsp3) is 0.684. The lowest BCUT2D eigenvalue weighted by atomic mass is 9.80. The summed E-state index contributed by atoms with van der Waals surface area (Å²) < 4.78 is 55.4. The molecule has 0 amide bonds. The zero-order valence-corrected chi connectivity index (χ0v) is 15.3. The van der Waals surface area contributed by atoms with Crippen LogP contribution in [0.1, 0.15) is 67.4 Å². The number of alkyl halides is 3. The quantitative estimate of drug-likeness (QED) is 0.777. The van der Waals surface area contributed by atoms with Crippen LogP contribution in [0.2, 0.25) is 0 Å². The number of piperidine rings is 1. The predicted octanol–water partition coefficient (Wildman–Crippen LogP) is 4.48. The van der Waals surface area contributed by atoms with Crippen LogP contribution in [0, 0.1) is 18.7 Å². The first-order valence-electron chi connectivity index (χ1n) is 9.67. The minimum absolute atomic E-state index is 0.0351. The van der Waals surface area contributed by atoms with Gasteiger partial charge in [0.15, 0.2) is 11.5 Å². The van der Waals surface area contributed by atoms with Crippen molar-refractivity contribution in [3.05, 3.63) is 29.0 Å². The van der Waals surface area contributed by atoms with Crippen LogP contribution in [0.5, 0.6) is 0 Å². The standard InChI is InChI=1S/C19H24F4N4/c1-11-9-15(13-3-2-8-24-10-13)27-18(25-11)16(20)17(26-27)12-4-6-14(7-5-12)19(21,22)23/h9,12-14,24H,2-8,10H2,1H3/t12?,13-,14?/m1/s1. The zero-order valence-electron chi connectivity index (χ0n) is 15.3. The van der Waals surface area contributed by atoms with E-state index in [0.717, 1.165) is 37.3 Å². The Kier molecular flexibility index (Phi) is 4.86. The monoisotopic (exact) mass is 384 g/mol. The van der Waals surface area contributed by atoms with Gasteiger partial charge >= 0.3 is 6.18 Å². The summed E-state index contributed by atoms with van der Waals surface area (Å²) in [6.45, 7) is 3.62. The van der Waals surface area contributed by atoms with E-state index in [1.807, 2.05) is 13.0 Å². The van der Waals surface area contributed by atoms with Crippen molar-refractivity contribution >= 4 is 5.65 Å². The van der Waals surface area contributed by atoms with Gasteiger partial charge < -0.3 is 5.32 Å². The topological polar surface area (TPSA) is 42.2 Å². The van der Waals surface area contributed by atoms with E-state index in [-0.39, 0.29) is 36.0 Å². The molecule has 3 heterocycles. The smallest absolute Gasteiger partial charge is 0.316 e. The van der Waals surface area contributed by atoms with Crippen molar-refractivity contribution < 1.29 is 17.6 Å². The Bertz CT molecular complexity index is 815. The van der Waals surface area contributed by atoms with Gasteiger partial charge in [0.1, 0.15) is 5.69 Å². The first kappa shape index (κ1) is 18.7. The third-order valence-corrected chi connectivity index (χ3v) is 6.01. The largest absolute Gasteiger partial charge is 0.391 e. The molecule has 2 aromatic rings. The molecule has 2 aromatic heterocycles. The molecule has 1 aliphatic heterocycles. The normalized spacial score (nSPS) is 27.2. The number of hydrogen-bond acceptors (Lipinski definition) is 3. The molecule has 0 bridgehead atoms. The summed E-state index contributed by atoms with van der Waals surface area (Å²) in [5, 5.41) is 7.87. The van der Waals surface area contributed by atoms with E-state index in [1.54, 1.807) is 4.52 Å². The van der Waals surface area contributed by atoms with Crippen molar-refractivity contribution in [1.82, 2.24) is 19.9 Å². The number of fused-ring (bicyclic) bond motifs is 1. The highest BCUT2D eigenvalue weighted by molar-refractivity contribution is 5.45. The highest BCUT2D eigenvalue weighted by Crippen LogP contribution is 2.43. The Balaban J connectivity index is 1.66. The summed E-state index contributed by atoms with van der Waals surface area (Å²) in [6, 6.07) is 1.95. The fourth-order valence-electron chi connectivity index (χ4n) is 4.51. The Morgan fingerprint density at radius 1 is 1.11 bits per heavy atom. The summed E-state index contributed by atoms with van der Waals surface area (Å²) in [5.74, 6) is -1.80. The van der Waals surface area contributed by atoms with Crippen LogP contribution < -0.4 is 5.32 Å². The molecule has 1 N–H and O–H groups in total. The Morgan fingerprint density at radius 3 is 2.48 bits per heavy atom. The number of nitrogens with one attached hydrogen (secondary N) is 1. The minimum atomic E-state index is -4.16. The fourth-order valence-corrected chi connectivity index (χ4v) is 4.51. The van der Waals surface area contributed by atoms with Crippen LogP contribution in [-0.2, 0) is 0 Å². The summed E-state index contributed by atoms with van der Waals surface area (Å²) in [4.78, 5) is 4.33. The number of rotatable bonds is 2. The third kappa shape index (κ3) is 3.56. The van der Waals surface area contributed by atoms with Crippen LogP contribution >= 0.6 is 0 Å². The van der Waals surface area contributed by atoms with Gasteiger partial charge in [-0.1, -0.05) is 0 Å². The molecule has 4 rings (SSSR count). The lowest BCUT2D eigenvalue weighted by molar-refractivity contribution is -0.182. The van der Waals surface area contributed by atoms with Crippen LogP contribution in [-0.4, -0.2) is 33.9 Å². The molecular weight excluding hydrogens is 360 g/mol. The molecule has 27 heavy (non-hydrogen) atoms. The molecule has 2 aliphatic rings. The summed E-state index contributed by atoms with van der Waals surface area (Å²) in [6.07, 6.45) is -1.43. The highest BCUT2D eigenvalue weighted by Gasteiger charge is 2.42. The molecule has 1 saturated carbocycles. The second kappa shape index (κ2) is 7.04. The molecule has 0 radical (unpaired) electrons. The van der Waals surface area contributed by atoms with E-state index in [9.17, 15) is 13.2 Å².